The summed E-state index contributed by atoms with van der Waals surface area (Å²) >= 11 is 0. The van der Waals surface area contributed by atoms with Crippen molar-refractivity contribution in [2.24, 2.45) is 5.92 Å². The van der Waals surface area contributed by atoms with Crippen molar-refractivity contribution in [1.82, 2.24) is 9.80 Å². The number of benzene rings is 1. The van der Waals surface area contributed by atoms with Crippen LogP contribution in [0.15, 0.2) is 24.3 Å². The third-order valence-corrected chi connectivity index (χ3v) is 4.67. The number of hydrogen-bond acceptors (Lipinski definition) is 2. The lowest BCUT2D eigenvalue weighted by Crippen LogP contribution is -2.47. The van der Waals surface area contributed by atoms with E-state index < -0.39 is 11.7 Å². The van der Waals surface area contributed by atoms with E-state index >= 15 is 0 Å². The molecule has 1 aromatic rings. The van der Waals surface area contributed by atoms with E-state index in [4.69, 9.17) is 0 Å². The Balaban J connectivity index is 2.16. The molecule has 0 aliphatic carbocycles. The summed E-state index contributed by atoms with van der Waals surface area (Å²) in [6, 6.07) is 4.63. The van der Waals surface area contributed by atoms with Gasteiger partial charge in [0.1, 0.15) is 0 Å². The highest BCUT2D eigenvalue weighted by molar-refractivity contribution is 5.94. The summed E-state index contributed by atoms with van der Waals surface area (Å²) in [5.74, 6) is -0.135. The Morgan fingerprint density at radius 3 is 2.42 bits per heavy atom. The predicted octanol–water partition coefficient (Wildman–Crippen LogP) is 3.90. The SMILES string of the molecule is CC(C)[C@@H](CN1CCCC1)N(C)C(=O)c1cccc(C(F)(F)F)c1. The van der Waals surface area contributed by atoms with Crippen molar-refractivity contribution in [3.63, 3.8) is 0 Å². The quantitative estimate of drug-likeness (QED) is 0.810. The molecule has 0 saturated carbocycles. The maximum Gasteiger partial charge on any atom is 0.416 e. The molecular weight excluding hydrogens is 317 g/mol. The Kier molecular flexibility index (Phi) is 5.91. The summed E-state index contributed by atoms with van der Waals surface area (Å²) in [6.07, 6.45) is -2.12. The van der Waals surface area contributed by atoms with Crippen LogP contribution in [0.1, 0.15) is 42.6 Å². The van der Waals surface area contributed by atoms with Crippen LogP contribution in [-0.2, 0) is 6.18 Å². The zero-order valence-electron chi connectivity index (χ0n) is 14.4. The van der Waals surface area contributed by atoms with Gasteiger partial charge in [0, 0.05) is 25.2 Å². The zero-order chi connectivity index (χ0) is 17.9. The van der Waals surface area contributed by atoms with Gasteiger partial charge in [-0.3, -0.25) is 4.79 Å². The topological polar surface area (TPSA) is 23.6 Å². The lowest BCUT2D eigenvalue weighted by molar-refractivity contribution is -0.137. The molecule has 1 saturated heterocycles. The first-order valence-corrected chi connectivity index (χ1v) is 8.37. The van der Waals surface area contributed by atoms with Crippen LogP contribution in [-0.4, -0.2) is 48.4 Å². The maximum atomic E-state index is 12.9. The molecule has 1 amide bonds. The highest BCUT2D eigenvalue weighted by Crippen LogP contribution is 2.30. The van der Waals surface area contributed by atoms with Crippen LogP contribution >= 0.6 is 0 Å². The summed E-state index contributed by atoms with van der Waals surface area (Å²) in [5, 5.41) is 0. The first-order chi connectivity index (χ1) is 11.2. The van der Waals surface area contributed by atoms with Crippen molar-refractivity contribution in [2.75, 3.05) is 26.7 Å². The number of likely N-dealkylation sites (N-methyl/N-ethyl adjacent to an activating group) is 1. The molecule has 2 rings (SSSR count). The molecule has 1 aliphatic rings. The average molecular weight is 342 g/mol. The molecule has 0 aromatic heterocycles. The number of halogens is 3. The second-order valence-corrected chi connectivity index (χ2v) is 6.81. The number of hydrogen-bond donors (Lipinski definition) is 0. The van der Waals surface area contributed by atoms with Crippen molar-refractivity contribution in [1.29, 1.82) is 0 Å². The molecule has 0 unspecified atom stereocenters. The van der Waals surface area contributed by atoms with Gasteiger partial charge in [-0.05, 0) is 50.0 Å². The number of nitrogens with zero attached hydrogens (tertiary/aromatic N) is 2. The Labute approximate surface area is 141 Å². The van der Waals surface area contributed by atoms with Gasteiger partial charge in [-0.15, -0.1) is 0 Å². The number of carbonyl (C=O) groups is 1. The molecule has 3 nitrogen and oxygen atoms in total. The minimum atomic E-state index is -4.44. The molecule has 24 heavy (non-hydrogen) atoms. The van der Waals surface area contributed by atoms with Gasteiger partial charge in [0.2, 0.25) is 0 Å². The molecule has 1 aliphatic heterocycles. The van der Waals surface area contributed by atoms with Gasteiger partial charge in [0.15, 0.2) is 0 Å². The normalized spacial score (nSPS) is 17.3. The van der Waals surface area contributed by atoms with Gasteiger partial charge in [0.25, 0.3) is 5.91 Å². The minimum Gasteiger partial charge on any atom is -0.337 e. The average Bonchev–Trinajstić information content (AvgIpc) is 3.03. The number of carbonyl (C=O) groups excluding carboxylic acids is 1. The molecule has 1 fully saturated rings. The van der Waals surface area contributed by atoms with Crippen molar-refractivity contribution >= 4 is 5.91 Å². The standard InChI is InChI=1S/C18H25F3N2O/c1-13(2)16(12-23-9-4-5-10-23)22(3)17(24)14-7-6-8-15(11-14)18(19,20)21/h6-8,11,13,16H,4-5,9-10,12H2,1-3H3/t16-/m1/s1. The van der Waals surface area contributed by atoms with Crippen LogP contribution in [0.2, 0.25) is 0 Å². The molecule has 0 bridgehead atoms. The van der Waals surface area contributed by atoms with Crippen LogP contribution in [0.25, 0.3) is 0 Å². The van der Waals surface area contributed by atoms with E-state index in [9.17, 15) is 18.0 Å². The first kappa shape index (κ1) is 18.8. The highest BCUT2D eigenvalue weighted by Gasteiger charge is 2.32. The number of alkyl halides is 3. The molecule has 0 radical (unpaired) electrons. The highest BCUT2D eigenvalue weighted by atomic mass is 19.4. The fraction of sp³-hybridized carbons (Fsp3) is 0.611. The third-order valence-electron chi connectivity index (χ3n) is 4.67. The van der Waals surface area contributed by atoms with Crippen molar-refractivity contribution in [3.05, 3.63) is 35.4 Å². The Morgan fingerprint density at radius 1 is 1.25 bits per heavy atom. The molecule has 134 valence electrons. The second kappa shape index (κ2) is 7.55. The van der Waals surface area contributed by atoms with Crippen LogP contribution in [0.5, 0.6) is 0 Å². The minimum absolute atomic E-state index is 0.0230. The van der Waals surface area contributed by atoms with E-state index in [0.717, 1.165) is 44.6 Å². The Bertz CT molecular complexity index is 566. The van der Waals surface area contributed by atoms with Gasteiger partial charge in [-0.25, -0.2) is 0 Å². The van der Waals surface area contributed by atoms with Gasteiger partial charge < -0.3 is 9.80 Å². The molecule has 1 heterocycles. The van der Waals surface area contributed by atoms with E-state index in [1.807, 2.05) is 13.8 Å². The number of likely N-dealkylation sites (tertiary alicyclic amines) is 1. The Hall–Kier alpha value is -1.56. The van der Waals surface area contributed by atoms with E-state index in [0.29, 0.717) is 0 Å². The van der Waals surface area contributed by atoms with E-state index in [2.05, 4.69) is 4.90 Å². The van der Waals surface area contributed by atoms with Crippen molar-refractivity contribution in [3.8, 4) is 0 Å². The molecular formula is C18H25F3N2O. The monoisotopic (exact) mass is 342 g/mol. The Morgan fingerprint density at radius 2 is 1.88 bits per heavy atom. The fourth-order valence-electron chi connectivity index (χ4n) is 3.19. The lowest BCUT2D eigenvalue weighted by Gasteiger charge is -2.34. The number of rotatable bonds is 5. The van der Waals surface area contributed by atoms with E-state index in [1.165, 1.54) is 12.1 Å². The molecule has 0 N–H and O–H groups in total. The summed E-state index contributed by atoms with van der Waals surface area (Å²) in [7, 11) is 1.68. The van der Waals surface area contributed by atoms with Crippen LogP contribution in [0.3, 0.4) is 0 Å². The smallest absolute Gasteiger partial charge is 0.337 e. The molecule has 1 aromatic carbocycles. The third kappa shape index (κ3) is 4.50. The first-order valence-electron chi connectivity index (χ1n) is 8.37. The van der Waals surface area contributed by atoms with Crippen LogP contribution in [0.4, 0.5) is 13.2 Å². The largest absolute Gasteiger partial charge is 0.416 e. The van der Waals surface area contributed by atoms with Gasteiger partial charge in [-0.2, -0.15) is 13.2 Å². The lowest BCUT2D eigenvalue weighted by atomic mass is 10.0. The summed E-state index contributed by atoms with van der Waals surface area (Å²) in [5.41, 5.74) is -0.707. The molecule has 0 spiro atoms. The summed E-state index contributed by atoms with van der Waals surface area (Å²) in [4.78, 5) is 16.6. The summed E-state index contributed by atoms with van der Waals surface area (Å²) < 4.78 is 38.6. The molecule has 6 heteroatoms. The predicted molar refractivity (Wildman–Crippen MR) is 87.8 cm³/mol. The van der Waals surface area contributed by atoms with Crippen molar-refractivity contribution in [2.45, 2.75) is 38.9 Å². The second-order valence-electron chi connectivity index (χ2n) is 6.81. The van der Waals surface area contributed by atoms with Gasteiger partial charge in [-0.1, -0.05) is 19.9 Å². The van der Waals surface area contributed by atoms with Crippen LogP contribution in [0, 0.1) is 5.92 Å². The zero-order valence-corrected chi connectivity index (χ0v) is 14.4. The van der Waals surface area contributed by atoms with Crippen molar-refractivity contribution < 1.29 is 18.0 Å². The van der Waals surface area contributed by atoms with E-state index in [1.54, 1.807) is 11.9 Å². The summed E-state index contributed by atoms with van der Waals surface area (Å²) in [6.45, 7) is 6.88. The van der Waals surface area contributed by atoms with E-state index in [-0.39, 0.29) is 23.4 Å². The van der Waals surface area contributed by atoms with Gasteiger partial charge >= 0.3 is 6.18 Å². The van der Waals surface area contributed by atoms with Gasteiger partial charge in [0.05, 0.1) is 5.56 Å². The van der Waals surface area contributed by atoms with Crippen LogP contribution < -0.4 is 0 Å². The molecule has 1 atom stereocenters. The number of amides is 1. The maximum absolute atomic E-state index is 12.9. The fourth-order valence-corrected chi connectivity index (χ4v) is 3.19.